The van der Waals surface area contributed by atoms with Crippen LogP contribution >= 0.6 is 11.6 Å². The number of ether oxygens (including phenoxy) is 3. The van der Waals surface area contributed by atoms with Crippen LogP contribution in [0.25, 0.3) is 0 Å². The molecule has 8 nitrogen and oxygen atoms in total. The molecule has 1 amide bonds. The lowest BCUT2D eigenvalue weighted by atomic mass is 10.2. The van der Waals surface area contributed by atoms with Crippen molar-refractivity contribution in [3.8, 4) is 11.5 Å². The van der Waals surface area contributed by atoms with Gasteiger partial charge in [-0.1, -0.05) is 18.5 Å². The van der Waals surface area contributed by atoms with Gasteiger partial charge in [-0.25, -0.2) is 13.2 Å². The van der Waals surface area contributed by atoms with Crippen LogP contribution in [-0.4, -0.2) is 69.1 Å². The van der Waals surface area contributed by atoms with Crippen LogP contribution < -0.4 is 9.47 Å². The van der Waals surface area contributed by atoms with Gasteiger partial charge in [0, 0.05) is 12.6 Å². The number of carbonyl (C=O) groups is 2. The standard InChI is InChI=1S/C20H28ClNO7S/c1-4-8-28-19-16(21)10-14(11-17(19)27-6-3)20(24)29-12-18(23)22(5-2)15-7-9-30(25,26)13-15/h10-11,15H,4-9,12-13H2,1-3H3. The van der Waals surface area contributed by atoms with E-state index in [1.54, 1.807) is 13.8 Å². The predicted molar refractivity (Wildman–Crippen MR) is 113 cm³/mol. The zero-order valence-corrected chi connectivity index (χ0v) is 19.1. The average Bonchev–Trinajstić information content (AvgIpc) is 3.05. The van der Waals surface area contributed by atoms with E-state index in [0.717, 1.165) is 6.42 Å². The summed E-state index contributed by atoms with van der Waals surface area (Å²) < 4.78 is 39.7. The number of esters is 1. The van der Waals surface area contributed by atoms with Gasteiger partial charge in [-0.3, -0.25) is 4.79 Å². The van der Waals surface area contributed by atoms with Gasteiger partial charge in [0.05, 0.1) is 35.3 Å². The molecule has 10 heteroatoms. The Morgan fingerprint density at radius 3 is 2.50 bits per heavy atom. The molecule has 30 heavy (non-hydrogen) atoms. The van der Waals surface area contributed by atoms with Crippen LogP contribution in [0.5, 0.6) is 11.5 Å². The number of nitrogens with zero attached hydrogens (tertiary/aromatic N) is 1. The van der Waals surface area contributed by atoms with Crippen molar-refractivity contribution in [3.05, 3.63) is 22.7 Å². The quantitative estimate of drug-likeness (QED) is 0.494. The summed E-state index contributed by atoms with van der Waals surface area (Å²) in [6.07, 6.45) is 1.17. The number of halogens is 1. The van der Waals surface area contributed by atoms with E-state index in [9.17, 15) is 18.0 Å². The SMILES string of the molecule is CCCOc1c(Cl)cc(C(=O)OCC(=O)N(CC)C2CCS(=O)(=O)C2)cc1OCC. The first-order valence-corrected chi connectivity index (χ1v) is 12.2. The second kappa shape index (κ2) is 10.9. The summed E-state index contributed by atoms with van der Waals surface area (Å²) in [7, 11) is -3.13. The maximum atomic E-state index is 12.5. The monoisotopic (exact) mass is 461 g/mol. The lowest BCUT2D eigenvalue weighted by Gasteiger charge is -2.26. The second-order valence-electron chi connectivity index (χ2n) is 6.88. The van der Waals surface area contributed by atoms with Gasteiger partial charge < -0.3 is 19.1 Å². The van der Waals surface area contributed by atoms with E-state index < -0.39 is 28.3 Å². The molecule has 0 radical (unpaired) electrons. The van der Waals surface area contributed by atoms with Crippen LogP contribution in [0.15, 0.2) is 12.1 Å². The molecule has 1 saturated heterocycles. The van der Waals surface area contributed by atoms with Gasteiger partial charge in [0.1, 0.15) is 0 Å². The molecule has 0 spiro atoms. The zero-order chi connectivity index (χ0) is 22.3. The van der Waals surface area contributed by atoms with E-state index in [-0.39, 0.29) is 28.1 Å². The van der Waals surface area contributed by atoms with Gasteiger partial charge in [-0.2, -0.15) is 0 Å². The number of sulfone groups is 1. The summed E-state index contributed by atoms with van der Waals surface area (Å²) in [6.45, 7) is 6.15. The molecule has 1 atom stereocenters. The molecule has 168 valence electrons. The number of hydrogen-bond acceptors (Lipinski definition) is 7. The molecular weight excluding hydrogens is 434 g/mol. The Labute approximate surface area is 182 Å². The third-order valence-corrected chi connectivity index (χ3v) is 6.66. The fourth-order valence-electron chi connectivity index (χ4n) is 3.25. The maximum absolute atomic E-state index is 12.5. The van der Waals surface area contributed by atoms with Crippen molar-refractivity contribution in [3.63, 3.8) is 0 Å². The van der Waals surface area contributed by atoms with Crippen molar-refractivity contribution in [2.75, 3.05) is 37.9 Å². The van der Waals surface area contributed by atoms with Crippen molar-refractivity contribution in [1.82, 2.24) is 4.90 Å². The van der Waals surface area contributed by atoms with Gasteiger partial charge in [-0.15, -0.1) is 0 Å². The molecular formula is C20H28ClNO7S. The second-order valence-corrected chi connectivity index (χ2v) is 9.52. The van der Waals surface area contributed by atoms with E-state index in [0.29, 0.717) is 37.7 Å². The lowest BCUT2D eigenvalue weighted by molar-refractivity contribution is -0.136. The zero-order valence-electron chi connectivity index (χ0n) is 17.5. The lowest BCUT2D eigenvalue weighted by Crippen LogP contribution is -2.43. The van der Waals surface area contributed by atoms with E-state index in [4.69, 9.17) is 25.8 Å². The van der Waals surface area contributed by atoms with Crippen LogP contribution in [0.3, 0.4) is 0 Å². The summed E-state index contributed by atoms with van der Waals surface area (Å²) in [6, 6.07) is 2.48. The summed E-state index contributed by atoms with van der Waals surface area (Å²) in [5.74, 6) is -0.495. The molecule has 1 aromatic carbocycles. The summed E-state index contributed by atoms with van der Waals surface area (Å²) >= 11 is 6.25. The van der Waals surface area contributed by atoms with Gasteiger partial charge in [0.2, 0.25) is 0 Å². The van der Waals surface area contributed by atoms with Crippen molar-refractivity contribution < 1.29 is 32.2 Å². The van der Waals surface area contributed by atoms with Crippen molar-refractivity contribution in [1.29, 1.82) is 0 Å². The first-order valence-electron chi connectivity index (χ1n) is 9.98. The highest BCUT2D eigenvalue weighted by molar-refractivity contribution is 7.91. The van der Waals surface area contributed by atoms with Crippen molar-refractivity contribution in [2.24, 2.45) is 0 Å². The molecule has 1 heterocycles. The Morgan fingerprint density at radius 1 is 1.20 bits per heavy atom. The first-order chi connectivity index (χ1) is 14.2. The molecule has 0 bridgehead atoms. The highest BCUT2D eigenvalue weighted by Crippen LogP contribution is 2.37. The summed E-state index contributed by atoms with van der Waals surface area (Å²) in [5, 5.41) is 0.207. The Bertz CT molecular complexity index is 872. The Hall–Kier alpha value is -2.00. The maximum Gasteiger partial charge on any atom is 0.338 e. The minimum atomic E-state index is -3.13. The topological polar surface area (TPSA) is 99.2 Å². The molecule has 1 fully saturated rings. The molecule has 1 aromatic rings. The number of hydrogen-bond donors (Lipinski definition) is 0. The van der Waals surface area contributed by atoms with E-state index in [2.05, 4.69) is 0 Å². The van der Waals surface area contributed by atoms with Crippen LogP contribution in [0.4, 0.5) is 0 Å². The van der Waals surface area contributed by atoms with E-state index in [1.165, 1.54) is 17.0 Å². The number of carbonyl (C=O) groups excluding carboxylic acids is 2. The number of benzene rings is 1. The minimum Gasteiger partial charge on any atom is -0.490 e. The molecule has 1 aliphatic heterocycles. The largest absolute Gasteiger partial charge is 0.490 e. The molecule has 0 aromatic heterocycles. The van der Waals surface area contributed by atoms with Crippen LogP contribution in [0, 0.1) is 0 Å². The highest BCUT2D eigenvalue weighted by atomic mass is 35.5. The van der Waals surface area contributed by atoms with Crippen LogP contribution in [0.1, 0.15) is 44.0 Å². The van der Waals surface area contributed by atoms with E-state index >= 15 is 0 Å². The number of rotatable bonds is 10. The minimum absolute atomic E-state index is 0.0619. The molecule has 0 N–H and O–H groups in total. The molecule has 0 aliphatic carbocycles. The molecule has 0 saturated carbocycles. The molecule has 2 rings (SSSR count). The Kier molecular flexibility index (Phi) is 8.78. The average molecular weight is 462 g/mol. The molecule has 1 unspecified atom stereocenters. The number of amides is 1. The van der Waals surface area contributed by atoms with Gasteiger partial charge in [0.15, 0.2) is 27.9 Å². The van der Waals surface area contributed by atoms with Gasteiger partial charge in [-0.05, 0) is 38.8 Å². The molecule has 1 aliphatic rings. The van der Waals surface area contributed by atoms with Crippen LogP contribution in [0.2, 0.25) is 5.02 Å². The first kappa shape index (κ1) is 24.3. The van der Waals surface area contributed by atoms with E-state index in [1.807, 2.05) is 6.92 Å². The summed E-state index contributed by atoms with van der Waals surface area (Å²) in [5.41, 5.74) is 0.131. The Balaban J connectivity index is 2.07. The predicted octanol–water partition coefficient (Wildman–Crippen LogP) is 2.72. The van der Waals surface area contributed by atoms with Crippen molar-refractivity contribution in [2.45, 2.75) is 39.7 Å². The highest BCUT2D eigenvalue weighted by Gasteiger charge is 2.34. The normalized spacial score (nSPS) is 17.4. The number of likely N-dealkylation sites (N-methyl/N-ethyl adjacent to an activating group) is 1. The van der Waals surface area contributed by atoms with Crippen molar-refractivity contribution >= 4 is 33.3 Å². The summed E-state index contributed by atoms with van der Waals surface area (Å²) in [4.78, 5) is 26.4. The van der Waals surface area contributed by atoms with Crippen LogP contribution in [-0.2, 0) is 19.4 Å². The smallest absolute Gasteiger partial charge is 0.338 e. The Morgan fingerprint density at radius 2 is 1.93 bits per heavy atom. The van der Waals surface area contributed by atoms with Gasteiger partial charge in [0.25, 0.3) is 5.91 Å². The van der Waals surface area contributed by atoms with Gasteiger partial charge >= 0.3 is 5.97 Å². The third kappa shape index (κ3) is 6.25. The fourth-order valence-corrected chi connectivity index (χ4v) is 5.24. The third-order valence-electron chi connectivity index (χ3n) is 4.63. The fraction of sp³-hybridized carbons (Fsp3) is 0.600.